The van der Waals surface area contributed by atoms with E-state index < -0.39 is 10.0 Å². The molecule has 0 bridgehead atoms. The minimum absolute atomic E-state index is 0.536. The van der Waals surface area contributed by atoms with E-state index >= 15 is 0 Å². The van der Waals surface area contributed by atoms with Crippen molar-refractivity contribution < 1.29 is 0 Å². The second-order valence-corrected chi connectivity index (χ2v) is 15.9. The van der Waals surface area contributed by atoms with Crippen LogP contribution in [0, 0.1) is 40.9 Å². The van der Waals surface area contributed by atoms with E-state index in [4.69, 9.17) is 0 Å². The summed E-state index contributed by atoms with van der Waals surface area (Å²) in [4.78, 5) is 0. The van der Waals surface area contributed by atoms with Gasteiger partial charge in [-0.1, -0.05) is 95.9 Å². The van der Waals surface area contributed by atoms with Crippen LogP contribution in [-0.4, -0.2) is 21.0 Å². The summed E-state index contributed by atoms with van der Waals surface area (Å²) in [5.74, 6) is 6.69. The van der Waals surface area contributed by atoms with Crippen LogP contribution in [0.1, 0.15) is 102 Å². The number of hydrogen-bond donors (Lipinski definition) is 0. The first-order chi connectivity index (χ1) is 12.4. The Labute approximate surface area is 174 Å². The van der Waals surface area contributed by atoms with E-state index in [1.165, 1.54) is 19.3 Å². The van der Waals surface area contributed by atoms with Gasteiger partial charge in [-0.05, 0) is 58.3 Å². The molecule has 2 aliphatic heterocycles. The fourth-order valence-corrected chi connectivity index (χ4v) is 16.0. The number of rotatable bonds is 9. The zero-order chi connectivity index (χ0) is 20.9. The third-order valence-corrected chi connectivity index (χ3v) is 16.6. The summed E-state index contributed by atoms with van der Waals surface area (Å²) < 4.78 is 0.665. The number of fused-ring (bicyclic) bond motifs is 1. The predicted molar refractivity (Wildman–Crippen MR) is 128 cm³/mol. The molecule has 0 amide bonds. The highest BCUT2D eigenvalue weighted by Gasteiger charge is 2.80. The van der Waals surface area contributed by atoms with Crippen molar-refractivity contribution in [2.24, 2.45) is 40.9 Å². The molecule has 0 radical (unpaired) electrons. The Kier molecular flexibility index (Phi) is 6.90. The lowest BCUT2D eigenvalue weighted by Gasteiger charge is -2.46. The van der Waals surface area contributed by atoms with Gasteiger partial charge in [0.15, 0.2) is 0 Å². The molecule has 0 N–H and O–H groups in total. The smallest absolute Gasteiger partial charge is 0.0143 e. The summed E-state index contributed by atoms with van der Waals surface area (Å²) in [7, 11) is -0.536. The zero-order valence-corrected chi connectivity index (χ0v) is 21.7. The Morgan fingerprint density at radius 2 is 1.33 bits per heavy atom. The first-order valence-electron chi connectivity index (χ1n) is 12.2. The van der Waals surface area contributed by atoms with E-state index in [-0.39, 0.29) is 0 Å². The molecule has 0 nitrogen and oxygen atoms in total. The van der Waals surface area contributed by atoms with Gasteiger partial charge < -0.3 is 0 Å². The molecule has 0 saturated carbocycles. The van der Waals surface area contributed by atoms with E-state index in [1.54, 1.807) is 5.75 Å². The van der Waals surface area contributed by atoms with Gasteiger partial charge in [-0.3, -0.25) is 0 Å². The van der Waals surface area contributed by atoms with Crippen molar-refractivity contribution in [1.82, 2.24) is 0 Å². The minimum atomic E-state index is -0.536. The highest BCUT2D eigenvalue weighted by atomic mass is 32.3. The highest BCUT2D eigenvalue weighted by Crippen LogP contribution is 2.95. The van der Waals surface area contributed by atoms with Crippen LogP contribution < -0.4 is 0 Å². The van der Waals surface area contributed by atoms with Crippen molar-refractivity contribution in [2.45, 2.75) is 118 Å². The third kappa shape index (κ3) is 3.25. The molecule has 0 aromatic carbocycles. The van der Waals surface area contributed by atoms with Crippen LogP contribution in [0.3, 0.4) is 0 Å². The second kappa shape index (κ2) is 7.88. The molecule has 0 aliphatic carbocycles. The fraction of sp³-hybridized carbons (Fsp3) is 1.00. The normalized spacial score (nSPS) is 43.7. The Morgan fingerprint density at radius 3 is 1.70 bits per heavy atom. The van der Waals surface area contributed by atoms with Gasteiger partial charge >= 0.3 is 0 Å². The van der Waals surface area contributed by atoms with E-state index in [1.807, 2.05) is 0 Å². The van der Waals surface area contributed by atoms with Gasteiger partial charge in [0.25, 0.3) is 0 Å². The molecule has 2 fully saturated rings. The van der Waals surface area contributed by atoms with Crippen molar-refractivity contribution in [3.8, 4) is 0 Å². The highest BCUT2D eigenvalue weighted by molar-refractivity contribution is 8.42. The third-order valence-electron chi connectivity index (χ3n) is 9.91. The van der Waals surface area contributed by atoms with Crippen molar-refractivity contribution >= 4 is 10.0 Å². The van der Waals surface area contributed by atoms with Crippen LogP contribution in [0.2, 0.25) is 0 Å². The molecule has 2 heterocycles. The van der Waals surface area contributed by atoms with Crippen molar-refractivity contribution in [2.75, 3.05) is 5.75 Å². The molecule has 0 spiro atoms. The van der Waals surface area contributed by atoms with Gasteiger partial charge in [-0.2, -0.15) is 0 Å². The summed E-state index contributed by atoms with van der Waals surface area (Å²) >= 11 is 0. The van der Waals surface area contributed by atoms with Gasteiger partial charge in [-0.25, -0.2) is 10.0 Å². The van der Waals surface area contributed by atoms with E-state index in [2.05, 4.69) is 83.1 Å². The van der Waals surface area contributed by atoms with Crippen LogP contribution in [0.25, 0.3) is 0 Å². The quantitative estimate of drug-likeness (QED) is 0.343. The average Bonchev–Trinajstić information content (AvgIpc) is 2.95. The van der Waals surface area contributed by atoms with E-state index in [0.717, 1.165) is 46.0 Å². The fourth-order valence-electron chi connectivity index (χ4n) is 7.85. The summed E-state index contributed by atoms with van der Waals surface area (Å²) in [6.07, 6.45) is 4.20. The van der Waals surface area contributed by atoms with Gasteiger partial charge in [-0.15, -0.1) is 0 Å². The largest absolute Gasteiger partial charge is 0.227 e. The first-order valence-corrected chi connectivity index (χ1v) is 14.1. The summed E-state index contributed by atoms with van der Waals surface area (Å²) in [6.45, 7) is 30.6. The first kappa shape index (κ1) is 23.6. The Bertz CT molecular complexity index is 468. The van der Waals surface area contributed by atoms with Crippen LogP contribution >= 0.6 is 10.0 Å². The standard InChI is InChI=1S/C26H52S/c1-13-19(7)24(20(8)14-2)25(12)15-26(21(9)17(3)4)23(11)27(26,16-25)22(10)18(5)6/h17-24H,13-16H2,1-12H3. The lowest BCUT2D eigenvalue weighted by Crippen LogP contribution is -2.41. The Balaban J connectivity index is 2.53. The minimum Gasteiger partial charge on any atom is -0.227 e. The van der Waals surface area contributed by atoms with E-state index in [0.29, 0.717) is 10.2 Å². The topological polar surface area (TPSA) is 0 Å². The monoisotopic (exact) mass is 396 g/mol. The number of hydrogen-bond acceptors (Lipinski definition) is 0. The average molecular weight is 397 g/mol. The van der Waals surface area contributed by atoms with Crippen LogP contribution in [0.5, 0.6) is 0 Å². The lowest BCUT2D eigenvalue weighted by atomic mass is 9.60. The van der Waals surface area contributed by atoms with Gasteiger partial charge in [0.1, 0.15) is 0 Å². The van der Waals surface area contributed by atoms with Crippen LogP contribution in [-0.2, 0) is 0 Å². The van der Waals surface area contributed by atoms with Crippen LogP contribution in [0.15, 0.2) is 0 Å². The van der Waals surface area contributed by atoms with Gasteiger partial charge in [0, 0.05) is 10.00 Å². The van der Waals surface area contributed by atoms with Crippen molar-refractivity contribution in [3.05, 3.63) is 0 Å². The maximum Gasteiger partial charge on any atom is 0.0143 e. The molecule has 2 rings (SSSR count). The molecule has 8 atom stereocenters. The molecular formula is C26H52S. The molecule has 162 valence electrons. The Morgan fingerprint density at radius 1 is 0.852 bits per heavy atom. The zero-order valence-electron chi connectivity index (χ0n) is 20.9. The predicted octanol–water partition coefficient (Wildman–Crippen LogP) is 8.39. The molecule has 8 unspecified atom stereocenters. The second-order valence-electron chi connectivity index (χ2n) is 11.7. The Hall–Kier alpha value is 0.350. The molecular weight excluding hydrogens is 344 g/mol. The molecule has 0 aromatic rings. The van der Waals surface area contributed by atoms with Crippen molar-refractivity contribution in [1.29, 1.82) is 0 Å². The maximum absolute atomic E-state index is 2.73. The molecule has 2 aliphatic rings. The SMILES string of the molecule is CCC(C)C(C(C)CC)C1(C)CC2(C(C)C(C)C)C(C)S2(C(C)C(C)C)C1. The summed E-state index contributed by atoms with van der Waals surface area (Å²) in [6, 6.07) is 0. The van der Waals surface area contributed by atoms with Gasteiger partial charge in [0.05, 0.1) is 0 Å². The maximum atomic E-state index is 2.73. The lowest BCUT2D eigenvalue weighted by molar-refractivity contribution is 0.0697. The molecule has 0 aromatic heterocycles. The van der Waals surface area contributed by atoms with Gasteiger partial charge in [0.2, 0.25) is 0 Å². The molecule has 1 heteroatoms. The molecule has 2 saturated heterocycles. The van der Waals surface area contributed by atoms with Crippen LogP contribution in [0.4, 0.5) is 0 Å². The summed E-state index contributed by atoms with van der Waals surface area (Å²) in [5, 5.41) is 1.91. The molecule has 27 heavy (non-hydrogen) atoms. The van der Waals surface area contributed by atoms with Crippen molar-refractivity contribution in [3.63, 3.8) is 0 Å². The van der Waals surface area contributed by atoms with E-state index in [9.17, 15) is 0 Å². The summed E-state index contributed by atoms with van der Waals surface area (Å²) in [5.41, 5.74) is 0.555.